The quantitative estimate of drug-likeness (QED) is 0.890. The van der Waals surface area contributed by atoms with Gasteiger partial charge in [0.25, 0.3) is 0 Å². The van der Waals surface area contributed by atoms with Crippen LogP contribution in [-0.4, -0.2) is 28.0 Å². The van der Waals surface area contributed by atoms with E-state index in [0.717, 1.165) is 12.2 Å². The lowest BCUT2D eigenvalue weighted by molar-refractivity contribution is 0.180. The zero-order chi connectivity index (χ0) is 15.4. The fourth-order valence-corrected chi connectivity index (χ4v) is 2.67. The smallest absolute Gasteiger partial charge is 0.127 e. The zero-order valence-electron chi connectivity index (χ0n) is 12.8. The van der Waals surface area contributed by atoms with E-state index >= 15 is 0 Å². The van der Waals surface area contributed by atoms with Crippen LogP contribution in [0.15, 0.2) is 36.8 Å². The van der Waals surface area contributed by atoms with Gasteiger partial charge in [0.05, 0.1) is 18.1 Å². The fraction of sp³-hybridized carbons (Fsp3) is 0.438. The first kappa shape index (κ1) is 15.7. The summed E-state index contributed by atoms with van der Waals surface area (Å²) in [6.07, 6.45) is 3.64. The van der Waals surface area contributed by atoms with Crippen molar-refractivity contribution in [1.29, 1.82) is 0 Å². The first-order valence-corrected chi connectivity index (χ1v) is 7.26. The second kappa shape index (κ2) is 6.83. The maximum absolute atomic E-state index is 14.0. The molecule has 0 amide bonds. The normalized spacial score (nSPS) is 14.4. The third-order valence-electron chi connectivity index (χ3n) is 4.11. The summed E-state index contributed by atoms with van der Waals surface area (Å²) in [7, 11) is 1.97. The van der Waals surface area contributed by atoms with Crippen LogP contribution in [0.1, 0.15) is 37.2 Å². The molecule has 0 spiro atoms. The number of halogens is 1. The summed E-state index contributed by atoms with van der Waals surface area (Å²) in [5.74, 6) is -0.184. The van der Waals surface area contributed by atoms with Crippen molar-refractivity contribution in [3.8, 4) is 0 Å². The molecule has 0 fully saturated rings. The maximum Gasteiger partial charge on any atom is 0.127 e. The Kier molecular flexibility index (Phi) is 5.09. The molecule has 5 heteroatoms. The van der Waals surface area contributed by atoms with Gasteiger partial charge in [-0.05, 0) is 27.0 Å². The number of aryl methyl sites for hydroxylation is 1. The van der Waals surface area contributed by atoms with Crippen molar-refractivity contribution < 1.29 is 4.39 Å². The van der Waals surface area contributed by atoms with Gasteiger partial charge < -0.3 is 10.3 Å². The van der Waals surface area contributed by atoms with Crippen molar-refractivity contribution in [3.05, 3.63) is 53.9 Å². The lowest BCUT2D eigenvalue weighted by Crippen LogP contribution is -2.34. The Labute approximate surface area is 125 Å². The van der Waals surface area contributed by atoms with Gasteiger partial charge in [-0.3, -0.25) is 4.90 Å². The number of benzene rings is 1. The van der Waals surface area contributed by atoms with Crippen molar-refractivity contribution in [1.82, 2.24) is 14.5 Å². The van der Waals surface area contributed by atoms with E-state index in [2.05, 4.69) is 21.4 Å². The molecule has 1 heterocycles. The number of nitrogens with two attached hydrogens (primary N) is 1. The maximum atomic E-state index is 14.0. The van der Waals surface area contributed by atoms with E-state index < -0.39 is 0 Å². The third kappa shape index (κ3) is 3.14. The summed E-state index contributed by atoms with van der Waals surface area (Å²) in [6, 6.07) is 6.81. The van der Waals surface area contributed by atoms with Crippen LogP contribution in [-0.2, 0) is 6.54 Å². The van der Waals surface area contributed by atoms with Crippen LogP contribution in [0.3, 0.4) is 0 Å². The highest BCUT2D eigenvalue weighted by molar-refractivity contribution is 5.21. The summed E-state index contributed by atoms with van der Waals surface area (Å²) >= 11 is 0. The minimum atomic E-state index is -0.184. The lowest BCUT2D eigenvalue weighted by atomic mass is 10.0. The molecule has 2 atom stereocenters. The number of imidazole rings is 1. The molecule has 1 aromatic carbocycles. The number of aromatic nitrogens is 2. The summed E-state index contributed by atoms with van der Waals surface area (Å²) in [5, 5.41) is 0. The van der Waals surface area contributed by atoms with Crippen LogP contribution >= 0.6 is 0 Å². The van der Waals surface area contributed by atoms with Gasteiger partial charge in [0.1, 0.15) is 5.82 Å². The van der Waals surface area contributed by atoms with Gasteiger partial charge >= 0.3 is 0 Å². The molecular formula is C16H23FN4. The van der Waals surface area contributed by atoms with E-state index in [-0.39, 0.29) is 17.9 Å². The molecule has 0 radical (unpaired) electrons. The van der Waals surface area contributed by atoms with Crippen LogP contribution in [0.5, 0.6) is 0 Å². The van der Waals surface area contributed by atoms with Crippen LogP contribution in [0.4, 0.5) is 4.39 Å². The Morgan fingerprint density at radius 3 is 2.71 bits per heavy atom. The average Bonchev–Trinajstić information content (AvgIpc) is 2.96. The lowest BCUT2D eigenvalue weighted by Gasteiger charge is -2.33. The van der Waals surface area contributed by atoms with Gasteiger partial charge in [0.2, 0.25) is 0 Å². The van der Waals surface area contributed by atoms with E-state index in [4.69, 9.17) is 5.73 Å². The van der Waals surface area contributed by atoms with Crippen molar-refractivity contribution in [2.45, 2.75) is 32.5 Å². The fourth-order valence-electron chi connectivity index (χ4n) is 2.67. The van der Waals surface area contributed by atoms with E-state index in [1.807, 2.05) is 32.3 Å². The second-order valence-electron chi connectivity index (χ2n) is 5.22. The van der Waals surface area contributed by atoms with E-state index in [9.17, 15) is 4.39 Å². The van der Waals surface area contributed by atoms with Gasteiger partial charge in [-0.25, -0.2) is 9.37 Å². The predicted molar refractivity (Wildman–Crippen MR) is 82.3 cm³/mol. The Morgan fingerprint density at radius 2 is 2.10 bits per heavy atom. The largest absolute Gasteiger partial charge is 0.333 e. The number of hydrogen-bond donors (Lipinski definition) is 1. The molecule has 2 aromatic rings. The van der Waals surface area contributed by atoms with Gasteiger partial charge in [-0.2, -0.15) is 0 Å². The van der Waals surface area contributed by atoms with Gasteiger partial charge in [-0.15, -0.1) is 0 Å². The summed E-state index contributed by atoms with van der Waals surface area (Å²) in [5.41, 5.74) is 7.71. The summed E-state index contributed by atoms with van der Waals surface area (Å²) < 4.78 is 16.1. The minimum Gasteiger partial charge on any atom is -0.333 e. The molecule has 114 valence electrons. The number of hydrogen-bond acceptors (Lipinski definition) is 3. The van der Waals surface area contributed by atoms with Crippen molar-refractivity contribution >= 4 is 0 Å². The molecule has 0 saturated heterocycles. The summed E-state index contributed by atoms with van der Waals surface area (Å²) in [6.45, 7) is 5.36. The average molecular weight is 290 g/mol. The van der Waals surface area contributed by atoms with E-state index in [0.29, 0.717) is 12.1 Å². The molecule has 0 aliphatic heterocycles. The first-order valence-electron chi connectivity index (χ1n) is 7.26. The van der Waals surface area contributed by atoms with Crippen LogP contribution in [0.2, 0.25) is 0 Å². The molecule has 2 unspecified atom stereocenters. The van der Waals surface area contributed by atoms with E-state index in [1.165, 1.54) is 6.07 Å². The highest BCUT2D eigenvalue weighted by atomic mass is 19.1. The molecular weight excluding hydrogens is 267 g/mol. The monoisotopic (exact) mass is 290 g/mol. The SMILES string of the molecule is CCn1cncc1C(CN)N(C)C(C)c1ccccc1F. The van der Waals surface area contributed by atoms with E-state index in [1.54, 1.807) is 12.4 Å². The third-order valence-corrected chi connectivity index (χ3v) is 4.11. The summed E-state index contributed by atoms with van der Waals surface area (Å²) in [4.78, 5) is 6.30. The molecule has 2 rings (SSSR count). The number of likely N-dealkylation sites (N-methyl/N-ethyl adjacent to an activating group) is 1. The number of rotatable bonds is 6. The topological polar surface area (TPSA) is 47.1 Å². The first-order chi connectivity index (χ1) is 10.1. The molecule has 21 heavy (non-hydrogen) atoms. The Balaban J connectivity index is 2.28. The van der Waals surface area contributed by atoms with Gasteiger partial charge in [0, 0.05) is 30.9 Å². The standard InChI is InChI=1S/C16H23FN4/c1-4-21-11-19-10-16(21)15(9-18)20(3)12(2)13-7-5-6-8-14(13)17/h5-8,10-12,15H,4,9,18H2,1-3H3. The molecule has 1 aromatic heterocycles. The van der Waals surface area contributed by atoms with Gasteiger partial charge in [-0.1, -0.05) is 18.2 Å². The van der Waals surface area contributed by atoms with Crippen LogP contribution in [0.25, 0.3) is 0 Å². The Hall–Kier alpha value is -1.72. The zero-order valence-corrected chi connectivity index (χ0v) is 12.8. The molecule has 2 N–H and O–H groups in total. The highest BCUT2D eigenvalue weighted by Gasteiger charge is 2.25. The molecule has 0 bridgehead atoms. The predicted octanol–water partition coefficient (Wildman–Crippen LogP) is 2.73. The Morgan fingerprint density at radius 1 is 1.38 bits per heavy atom. The molecule has 4 nitrogen and oxygen atoms in total. The number of nitrogens with zero attached hydrogens (tertiary/aromatic N) is 3. The minimum absolute atomic E-state index is 0.00190. The molecule has 0 aliphatic rings. The van der Waals surface area contributed by atoms with Crippen LogP contribution in [0, 0.1) is 5.82 Å². The molecule has 0 aliphatic carbocycles. The van der Waals surface area contributed by atoms with Gasteiger partial charge in [0.15, 0.2) is 0 Å². The van der Waals surface area contributed by atoms with Crippen LogP contribution < -0.4 is 5.73 Å². The van der Waals surface area contributed by atoms with Crippen molar-refractivity contribution in [2.75, 3.05) is 13.6 Å². The van der Waals surface area contributed by atoms with Crippen molar-refractivity contribution in [3.63, 3.8) is 0 Å². The highest BCUT2D eigenvalue weighted by Crippen LogP contribution is 2.29. The second-order valence-corrected chi connectivity index (χ2v) is 5.22. The Bertz CT molecular complexity index is 581. The molecule has 0 saturated carbocycles. The van der Waals surface area contributed by atoms with Crippen molar-refractivity contribution in [2.24, 2.45) is 5.73 Å².